The molecule has 1 atom stereocenters. The molecule has 0 aliphatic heterocycles. The second-order valence-electron chi connectivity index (χ2n) is 5.11. The Morgan fingerprint density at radius 2 is 2.06 bits per heavy atom. The molecule has 0 bridgehead atoms. The maximum absolute atomic E-state index is 4.63. The van der Waals surface area contributed by atoms with E-state index in [0.717, 1.165) is 17.3 Å². The summed E-state index contributed by atoms with van der Waals surface area (Å²) in [6, 6.07) is 13.0. The van der Waals surface area contributed by atoms with Crippen LogP contribution in [0, 0.1) is 5.92 Å². The molecule has 17 heavy (non-hydrogen) atoms. The Labute approximate surface area is 102 Å². The van der Waals surface area contributed by atoms with E-state index in [2.05, 4.69) is 41.5 Å². The molecule has 3 rings (SSSR count). The van der Waals surface area contributed by atoms with E-state index in [9.17, 15) is 0 Å². The lowest BCUT2D eigenvalue weighted by atomic mass is 10.1. The topological polar surface area (TPSA) is 24.9 Å². The molecule has 1 aromatic heterocycles. The number of rotatable bonds is 4. The highest BCUT2D eigenvalue weighted by Gasteiger charge is 2.23. The number of para-hydroxylation sites is 1. The number of nitrogens with one attached hydrogen (secondary N) is 1. The second-order valence-corrected chi connectivity index (χ2v) is 5.11. The monoisotopic (exact) mass is 226 g/mol. The molecule has 1 N–H and O–H groups in total. The highest BCUT2D eigenvalue weighted by Crippen LogP contribution is 2.34. The third-order valence-electron chi connectivity index (χ3n) is 3.38. The van der Waals surface area contributed by atoms with Crippen molar-refractivity contribution in [3.63, 3.8) is 0 Å². The number of hydrogen-bond donors (Lipinski definition) is 1. The van der Waals surface area contributed by atoms with Gasteiger partial charge in [-0.2, -0.15) is 0 Å². The number of aromatic nitrogens is 1. The van der Waals surface area contributed by atoms with E-state index in [1.807, 2.05) is 12.1 Å². The smallest absolute Gasteiger partial charge is 0.126 e. The van der Waals surface area contributed by atoms with E-state index in [1.54, 1.807) is 0 Å². The van der Waals surface area contributed by atoms with Crippen molar-refractivity contribution in [2.24, 2.45) is 5.92 Å². The van der Waals surface area contributed by atoms with Gasteiger partial charge in [-0.1, -0.05) is 31.0 Å². The van der Waals surface area contributed by atoms with Crippen molar-refractivity contribution >= 4 is 16.7 Å². The van der Waals surface area contributed by atoms with Crippen LogP contribution in [0.5, 0.6) is 0 Å². The predicted molar refractivity (Wildman–Crippen MR) is 72.2 cm³/mol. The summed E-state index contributed by atoms with van der Waals surface area (Å²) in [6.45, 7) is 2.25. The van der Waals surface area contributed by atoms with E-state index in [-0.39, 0.29) is 0 Å². The summed E-state index contributed by atoms with van der Waals surface area (Å²) < 4.78 is 0. The molecule has 88 valence electrons. The molecule has 1 aromatic carbocycles. The zero-order valence-electron chi connectivity index (χ0n) is 10.2. The average Bonchev–Trinajstić information content (AvgIpc) is 3.12. The van der Waals surface area contributed by atoms with Crippen molar-refractivity contribution in [3.8, 4) is 0 Å². The molecular formula is C15H18N2. The average molecular weight is 226 g/mol. The fourth-order valence-corrected chi connectivity index (χ4v) is 2.31. The molecule has 0 amide bonds. The molecular weight excluding hydrogens is 208 g/mol. The minimum atomic E-state index is 0.524. The molecule has 0 saturated heterocycles. The number of benzene rings is 1. The molecule has 1 saturated carbocycles. The van der Waals surface area contributed by atoms with Gasteiger partial charge in [0.05, 0.1) is 5.52 Å². The Balaban J connectivity index is 1.75. The molecule has 1 heterocycles. The van der Waals surface area contributed by atoms with Gasteiger partial charge in [-0.25, -0.2) is 4.98 Å². The van der Waals surface area contributed by atoms with Crippen LogP contribution in [0.25, 0.3) is 10.9 Å². The van der Waals surface area contributed by atoms with Crippen molar-refractivity contribution in [2.45, 2.75) is 32.2 Å². The summed E-state index contributed by atoms with van der Waals surface area (Å²) >= 11 is 0. The van der Waals surface area contributed by atoms with Gasteiger partial charge < -0.3 is 5.32 Å². The van der Waals surface area contributed by atoms with Gasteiger partial charge in [0.1, 0.15) is 5.82 Å². The normalized spacial score (nSPS) is 17.0. The summed E-state index contributed by atoms with van der Waals surface area (Å²) in [7, 11) is 0. The standard InChI is InChI=1S/C15H18N2/c1-11(10-12-6-7-12)16-15-9-8-13-4-2-3-5-14(13)17-15/h2-5,8-9,11-12H,6-7,10H2,1H3,(H,16,17). The highest BCUT2D eigenvalue weighted by atomic mass is 15.0. The number of nitrogens with zero attached hydrogens (tertiary/aromatic N) is 1. The Morgan fingerprint density at radius 1 is 1.24 bits per heavy atom. The first-order chi connectivity index (χ1) is 8.31. The number of hydrogen-bond acceptors (Lipinski definition) is 2. The van der Waals surface area contributed by atoms with Gasteiger partial charge in [-0.3, -0.25) is 0 Å². The summed E-state index contributed by atoms with van der Waals surface area (Å²) in [6.07, 6.45) is 4.10. The maximum atomic E-state index is 4.63. The maximum Gasteiger partial charge on any atom is 0.126 e. The fourth-order valence-electron chi connectivity index (χ4n) is 2.31. The van der Waals surface area contributed by atoms with Gasteiger partial charge in [0, 0.05) is 11.4 Å². The lowest BCUT2D eigenvalue weighted by molar-refractivity contribution is 0.640. The van der Waals surface area contributed by atoms with Crippen molar-refractivity contribution in [1.29, 1.82) is 0 Å². The van der Waals surface area contributed by atoms with Crippen LogP contribution in [0.3, 0.4) is 0 Å². The summed E-state index contributed by atoms with van der Waals surface area (Å²) in [4.78, 5) is 4.63. The van der Waals surface area contributed by atoms with E-state index in [4.69, 9.17) is 0 Å². The Bertz CT molecular complexity index is 517. The molecule has 0 radical (unpaired) electrons. The van der Waals surface area contributed by atoms with Gasteiger partial charge in [-0.15, -0.1) is 0 Å². The third kappa shape index (κ3) is 2.57. The van der Waals surface area contributed by atoms with E-state index >= 15 is 0 Å². The van der Waals surface area contributed by atoms with Crippen LogP contribution in [0.1, 0.15) is 26.2 Å². The van der Waals surface area contributed by atoms with Gasteiger partial charge in [0.2, 0.25) is 0 Å². The van der Waals surface area contributed by atoms with Crippen LogP contribution in [0.15, 0.2) is 36.4 Å². The first-order valence-corrected chi connectivity index (χ1v) is 6.43. The lowest BCUT2D eigenvalue weighted by Gasteiger charge is -2.14. The number of fused-ring (bicyclic) bond motifs is 1. The van der Waals surface area contributed by atoms with Crippen LogP contribution in [0.4, 0.5) is 5.82 Å². The van der Waals surface area contributed by atoms with Crippen LogP contribution in [-0.4, -0.2) is 11.0 Å². The highest BCUT2D eigenvalue weighted by molar-refractivity contribution is 5.80. The molecule has 2 nitrogen and oxygen atoms in total. The van der Waals surface area contributed by atoms with Crippen LogP contribution in [-0.2, 0) is 0 Å². The minimum absolute atomic E-state index is 0.524. The number of pyridine rings is 1. The van der Waals surface area contributed by atoms with Crippen molar-refractivity contribution in [1.82, 2.24) is 4.98 Å². The minimum Gasteiger partial charge on any atom is -0.368 e. The SMILES string of the molecule is CC(CC1CC1)Nc1ccc2ccccc2n1. The van der Waals surface area contributed by atoms with Crippen molar-refractivity contribution in [2.75, 3.05) is 5.32 Å². The zero-order chi connectivity index (χ0) is 11.7. The van der Waals surface area contributed by atoms with E-state index < -0.39 is 0 Å². The molecule has 0 spiro atoms. The first kappa shape index (κ1) is 10.6. The molecule has 1 unspecified atom stereocenters. The summed E-state index contributed by atoms with van der Waals surface area (Å²) in [5, 5.41) is 4.70. The van der Waals surface area contributed by atoms with Gasteiger partial charge in [-0.05, 0) is 37.5 Å². The first-order valence-electron chi connectivity index (χ1n) is 6.43. The summed E-state index contributed by atoms with van der Waals surface area (Å²) in [5.74, 6) is 1.95. The molecule has 2 aromatic rings. The second kappa shape index (κ2) is 4.36. The molecule has 2 heteroatoms. The van der Waals surface area contributed by atoms with Crippen LogP contribution in [0.2, 0.25) is 0 Å². The zero-order valence-corrected chi connectivity index (χ0v) is 10.2. The molecule has 1 aliphatic carbocycles. The van der Waals surface area contributed by atoms with Gasteiger partial charge >= 0.3 is 0 Å². The summed E-state index contributed by atoms with van der Waals surface area (Å²) in [5.41, 5.74) is 1.07. The molecule has 1 aliphatic rings. The fraction of sp³-hybridized carbons (Fsp3) is 0.400. The van der Waals surface area contributed by atoms with Crippen molar-refractivity contribution < 1.29 is 0 Å². The number of anilines is 1. The Morgan fingerprint density at radius 3 is 2.88 bits per heavy atom. The molecule has 1 fully saturated rings. The van der Waals surface area contributed by atoms with E-state index in [1.165, 1.54) is 24.6 Å². The Kier molecular flexibility index (Phi) is 2.71. The third-order valence-corrected chi connectivity index (χ3v) is 3.38. The quantitative estimate of drug-likeness (QED) is 0.856. The van der Waals surface area contributed by atoms with Crippen molar-refractivity contribution in [3.05, 3.63) is 36.4 Å². The largest absolute Gasteiger partial charge is 0.368 e. The predicted octanol–water partition coefficient (Wildman–Crippen LogP) is 3.84. The lowest BCUT2D eigenvalue weighted by Crippen LogP contribution is -2.16. The van der Waals surface area contributed by atoms with Crippen LogP contribution >= 0.6 is 0 Å². The van der Waals surface area contributed by atoms with Gasteiger partial charge in [0.15, 0.2) is 0 Å². The Hall–Kier alpha value is -1.57. The van der Waals surface area contributed by atoms with Gasteiger partial charge in [0.25, 0.3) is 0 Å². The van der Waals surface area contributed by atoms with Crippen LogP contribution < -0.4 is 5.32 Å². The van der Waals surface area contributed by atoms with E-state index in [0.29, 0.717) is 6.04 Å².